The highest BCUT2D eigenvalue weighted by Gasteiger charge is 2.32. The van der Waals surface area contributed by atoms with Crippen molar-refractivity contribution in [2.24, 2.45) is 0 Å². The molecule has 25 heavy (non-hydrogen) atoms. The molecule has 2 aromatic carbocycles. The van der Waals surface area contributed by atoms with Crippen molar-refractivity contribution in [3.63, 3.8) is 0 Å². The molecular formula is C20H20N2O2S. The Labute approximate surface area is 152 Å². The first kappa shape index (κ1) is 17.2. The van der Waals surface area contributed by atoms with Gasteiger partial charge in [-0.15, -0.1) is 0 Å². The third-order valence-electron chi connectivity index (χ3n) is 4.04. The van der Waals surface area contributed by atoms with Crippen LogP contribution >= 0.6 is 12.2 Å². The Morgan fingerprint density at radius 3 is 2.44 bits per heavy atom. The van der Waals surface area contributed by atoms with Crippen molar-refractivity contribution in [1.29, 1.82) is 0 Å². The van der Waals surface area contributed by atoms with Crippen LogP contribution in [-0.2, 0) is 9.53 Å². The number of esters is 1. The first-order chi connectivity index (χ1) is 12.1. The van der Waals surface area contributed by atoms with Crippen molar-refractivity contribution in [2.45, 2.75) is 19.9 Å². The topological polar surface area (TPSA) is 50.4 Å². The minimum atomic E-state index is -0.358. The lowest BCUT2D eigenvalue weighted by Crippen LogP contribution is -2.45. The van der Waals surface area contributed by atoms with Gasteiger partial charge in [0.05, 0.1) is 23.9 Å². The fraction of sp³-hybridized carbons (Fsp3) is 0.200. The highest BCUT2D eigenvalue weighted by molar-refractivity contribution is 7.80. The van der Waals surface area contributed by atoms with E-state index in [9.17, 15) is 4.79 Å². The van der Waals surface area contributed by atoms with Crippen LogP contribution in [-0.4, -0.2) is 17.7 Å². The van der Waals surface area contributed by atoms with Gasteiger partial charge in [0.25, 0.3) is 0 Å². The monoisotopic (exact) mass is 352 g/mol. The average molecular weight is 352 g/mol. The van der Waals surface area contributed by atoms with E-state index in [1.807, 2.05) is 61.5 Å². The smallest absolute Gasteiger partial charge is 0.338 e. The molecule has 3 rings (SSSR count). The van der Waals surface area contributed by atoms with E-state index in [4.69, 9.17) is 17.0 Å². The van der Waals surface area contributed by atoms with Crippen molar-refractivity contribution in [1.82, 2.24) is 10.6 Å². The van der Waals surface area contributed by atoms with Gasteiger partial charge >= 0.3 is 5.97 Å². The number of nitrogens with one attached hydrogen (secondary N) is 2. The van der Waals surface area contributed by atoms with E-state index in [0.717, 1.165) is 16.7 Å². The second-order valence-electron chi connectivity index (χ2n) is 5.82. The van der Waals surface area contributed by atoms with E-state index in [-0.39, 0.29) is 12.0 Å². The summed E-state index contributed by atoms with van der Waals surface area (Å²) in [4.78, 5) is 12.7. The average Bonchev–Trinajstić information content (AvgIpc) is 2.62. The van der Waals surface area contributed by atoms with Crippen LogP contribution in [0.4, 0.5) is 0 Å². The number of rotatable bonds is 4. The Morgan fingerprint density at radius 2 is 1.80 bits per heavy atom. The van der Waals surface area contributed by atoms with Gasteiger partial charge in [0.2, 0.25) is 0 Å². The molecule has 0 saturated heterocycles. The molecule has 0 aromatic heterocycles. The zero-order valence-electron chi connectivity index (χ0n) is 14.2. The van der Waals surface area contributed by atoms with Gasteiger partial charge in [0, 0.05) is 0 Å². The molecule has 0 unspecified atom stereocenters. The number of hydrogen-bond acceptors (Lipinski definition) is 3. The zero-order chi connectivity index (χ0) is 17.8. The summed E-state index contributed by atoms with van der Waals surface area (Å²) < 4.78 is 5.32. The molecule has 1 aliphatic heterocycles. The molecule has 0 amide bonds. The van der Waals surface area contributed by atoms with E-state index in [1.54, 1.807) is 6.92 Å². The molecular weight excluding hydrogens is 332 g/mol. The largest absolute Gasteiger partial charge is 0.463 e. The molecule has 1 aliphatic rings. The normalized spacial score (nSPS) is 16.9. The summed E-state index contributed by atoms with van der Waals surface area (Å²) in [5.41, 5.74) is 4.24. The molecule has 0 fully saturated rings. The Morgan fingerprint density at radius 1 is 1.12 bits per heavy atom. The maximum absolute atomic E-state index is 12.7. The minimum absolute atomic E-state index is 0.315. The summed E-state index contributed by atoms with van der Waals surface area (Å²) in [6, 6.07) is 17.4. The second kappa shape index (κ2) is 7.49. The van der Waals surface area contributed by atoms with Gasteiger partial charge in [-0.1, -0.05) is 60.2 Å². The molecule has 2 N–H and O–H groups in total. The number of hydrogen-bond donors (Lipinski definition) is 2. The number of benzene rings is 2. The van der Waals surface area contributed by atoms with E-state index in [1.165, 1.54) is 0 Å². The summed E-state index contributed by atoms with van der Waals surface area (Å²) in [5.74, 6) is -0.352. The van der Waals surface area contributed by atoms with Crippen molar-refractivity contribution in [3.8, 4) is 0 Å². The number of ether oxygens (including phenoxy) is 1. The maximum Gasteiger partial charge on any atom is 0.338 e. The minimum Gasteiger partial charge on any atom is -0.463 e. The molecule has 5 heteroatoms. The lowest BCUT2D eigenvalue weighted by molar-refractivity contribution is -0.138. The third-order valence-corrected chi connectivity index (χ3v) is 4.26. The van der Waals surface area contributed by atoms with Crippen LogP contribution in [0.5, 0.6) is 0 Å². The molecule has 0 aliphatic carbocycles. The summed E-state index contributed by atoms with van der Waals surface area (Å²) in [6.45, 7) is 4.15. The van der Waals surface area contributed by atoms with Crippen LogP contribution < -0.4 is 10.6 Å². The van der Waals surface area contributed by atoms with Crippen LogP contribution in [0.1, 0.15) is 29.7 Å². The molecule has 0 bridgehead atoms. The fourth-order valence-corrected chi connectivity index (χ4v) is 3.05. The van der Waals surface area contributed by atoms with Gasteiger partial charge in [-0.25, -0.2) is 4.79 Å². The lowest BCUT2D eigenvalue weighted by atomic mass is 9.92. The van der Waals surface area contributed by atoms with Crippen LogP contribution in [0.2, 0.25) is 0 Å². The van der Waals surface area contributed by atoms with Crippen molar-refractivity contribution < 1.29 is 9.53 Å². The van der Waals surface area contributed by atoms with Crippen molar-refractivity contribution in [3.05, 3.63) is 76.9 Å². The van der Waals surface area contributed by atoms with Crippen LogP contribution in [0, 0.1) is 6.92 Å². The van der Waals surface area contributed by atoms with Crippen LogP contribution in [0.15, 0.2) is 60.2 Å². The van der Waals surface area contributed by atoms with E-state index in [2.05, 4.69) is 10.6 Å². The highest BCUT2D eigenvalue weighted by atomic mass is 32.1. The van der Waals surface area contributed by atoms with Crippen molar-refractivity contribution >= 4 is 29.0 Å². The molecule has 1 heterocycles. The number of carbonyl (C=O) groups excluding carboxylic acids is 1. The lowest BCUT2D eigenvalue weighted by Gasteiger charge is -2.31. The number of carbonyl (C=O) groups is 1. The standard InChI is InChI=1S/C20H20N2O2S/c1-3-24-19(23)16-17(14-7-5-4-6-8-14)21-20(25)22-18(16)15-11-9-13(2)10-12-15/h4-12,18H,3H2,1-2H3,(H2,21,22,25)/t18-/m1/s1. The van der Waals surface area contributed by atoms with Gasteiger partial charge in [-0.3, -0.25) is 0 Å². The van der Waals surface area contributed by atoms with Crippen molar-refractivity contribution in [2.75, 3.05) is 6.61 Å². The fourth-order valence-electron chi connectivity index (χ4n) is 2.83. The van der Waals surface area contributed by atoms with E-state index in [0.29, 0.717) is 23.0 Å². The number of thiocarbonyl (C=S) groups is 1. The predicted octanol–water partition coefficient (Wildman–Crippen LogP) is 3.49. The maximum atomic E-state index is 12.7. The van der Waals surface area contributed by atoms with Gasteiger partial charge in [-0.05, 0) is 37.2 Å². The predicted molar refractivity (Wildman–Crippen MR) is 103 cm³/mol. The van der Waals surface area contributed by atoms with Gasteiger partial charge in [-0.2, -0.15) is 0 Å². The summed E-state index contributed by atoms with van der Waals surface area (Å²) in [5, 5.41) is 6.82. The summed E-state index contributed by atoms with van der Waals surface area (Å²) in [6.07, 6.45) is 0. The van der Waals surface area contributed by atoms with Crippen LogP contribution in [0.3, 0.4) is 0 Å². The molecule has 0 saturated carbocycles. The Bertz CT molecular complexity index is 813. The molecule has 2 aromatic rings. The molecule has 1 atom stereocenters. The Hall–Kier alpha value is -2.66. The highest BCUT2D eigenvalue weighted by Crippen LogP contribution is 2.32. The molecule has 4 nitrogen and oxygen atoms in total. The SMILES string of the molecule is CCOC(=O)C1=C(c2ccccc2)NC(=S)N[C@@H]1c1ccc(C)cc1. The van der Waals surface area contributed by atoms with Gasteiger partial charge in [0.1, 0.15) is 0 Å². The molecule has 128 valence electrons. The van der Waals surface area contributed by atoms with E-state index < -0.39 is 0 Å². The first-order valence-electron chi connectivity index (χ1n) is 8.21. The Kier molecular flexibility index (Phi) is 5.14. The zero-order valence-corrected chi connectivity index (χ0v) is 15.0. The number of aryl methyl sites for hydroxylation is 1. The summed E-state index contributed by atoms with van der Waals surface area (Å²) in [7, 11) is 0. The van der Waals surface area contributed by atoms with Gasteiger partial charge < -0.3 is 15.4 Å². The molecule has 0 radical (unpaired) electrons. The quantitative estimate of drug-likeness (QED) is 0.652. The van der Waals surface area contributed by atoms with Crippen LogP contribution in [0.25, 0.3) is 5.70 Å². The second-order valence-corrected chi connectivity index (χ2v) is 6.23. The summed E-state index contributed by atoms with van der Waals surface area (Å²) >= 11 is 5.38. The Balaban J connectivity index is 2.16. The van der Waals surface area contributed by atoms with E-state index >= 15 is 0 Å². The third kappa shape index (κ3) is 3.72. The van der Waals surface area contributed by atoms with Gasteiger partial charge in [0.15, 0.2) is 5.11 Å². The first-order valence-corrected chi connectivity index (χ1v) is 8.61. The molecule has 0 spiro atoms.